The van der Waals surface area contributed by atoms with Crippen LogP contribution in [-0.4, -0.2) is 42.5 Å². The summed E-state index contributed by atoms with van der Waals surface area (Å²) in [5.41, 5.74) is 5.49. The largest absolute Gasteiger partial charge is 0.352 e. The van der Waals surface area contributed by atoms with Crippen LogP contribution in [0.2, 0.25) is 0 Å². The third kappa shape index (κ3) is 2.99. The van der Waals surface area contributed by atoms with E-state index < -0.39 is 0 Å². The number of nitrogens with one attached hydrogen (secondary N) is 1. The van der Waals surface area contributed by atoms with Crippen LogP contribution in [0.3, 0.4) is 0 Å². The van der Waals surface area contributed by atoms with Crippen molar-refractivity contribution in [3.63, 3.8) is 0 Å². The Hall–Kier alpha value is -0.610. The lowest BCUT2D eigenvalue weighted by Crippen LogP contribution is -2.48. The van der Waals surface area contributed by atoms with Crippen LogP contribution < -0.4 is 11.1 Å². The van der Waals surface area contributed by atoms with E-state index in [0.717, 1.165) is 19.4 Å². The minimum absolute atomic E-state index is 0.0534. The van der Waals surface area contributed by atoms with Crippen molar-refractivity contribution in [3.05, 3.63) is 0 Å². The Morgan fingerprint density at radius 1 is 1.41 bits per heavy atom. The molecular formula is C13H25N3O. The van der Waals surface area contributed by atoms with Crippen LogP contribution in [0.25, 0.3) is 0 Å². The maximum absolute atomic E-state index is 12.0. The number of carbonyl (C=O) groups excluding carboxylic acids is 1. The third-order valence-corrected chi connectivity index (χ3v) is 4.23. The average Bonchev–Trinajstić information content (AvgIpc) is 2.73. The van der Waals surface area contributed by atoms with E-state index in [2.05, 4.69) is 10.2 Å². The number of nitrogens with zero attached hydrogens (tertiary/aromatic N) is 1. The minimum Gasteiger partial charge on any atom is -0.352 e. The van der Waals surface area contributed by atoms with Crippen molar-refractivity contribution in [2.75, 3.05) is 19.6 Å². The fraction of sp³-hybridized carbons (Fsp3) is 0.923. The highest BCUT2D eigenvalue weighted by Crippen LogP contribution is 2.27. The van der Waals surface area contributed by atoms with Crippen LogP contribution in [0.5, 0.6) is 0 Å². The second-order valence-corrected chi connectivity index (χ2v) is 5.48. The van der Waals surface area contributed by atoms with E-state index in [0.29, 0.717) is 18.6 Å². The molecule has 3 unspecified atom stereocenters. The topological polar surface area (TPSA) is 58.4 Å². The van der Waals surface area contributed by atoms with Gasteiger partial charge in [-0.2, -0.15) is 0 Å². The number of amides is 1. The highest BCUT2D eigenvalue weighted by atomic mass is 16.1. The van der Waals surface area contributed by atoms with Gasteiger partial charge < -0.3 is 11.1 Å². The van der Waals surface area contributed by atoms with E-state index in [1.807, 2.05) is 6.92 Å². The summed E-state index contributed by atoms with van der Waals surface area (Å²) in [6.45, 7) is 4.93. The molecule has 0 saturated carbocycles. The van der Waals surface area contributed by atoms with Gasteiger partial charge in [0, 0.05) is 24.5 Å². The first-order valence-electron chi connectivity index (χ1n) is 6.97. The number of carbonyl (C=O) groups is 1. The summed E-state index contributed by atoms with van der Waals surface area (Å²) in [5.74, 6) is 0.241. The molecule has 2 aliphatic rings. The Labute approximate surface area is 104 Å². The van der Waals surface area contributed by atoms with E-state index in [9.17, 15) is 4.79 Å². The van der Waals surface area contributed by atoms with E-state index in [1.54, 1.807) is 0 Å². The molecule has 98 valence electrons. The Morgan fingerprint density at radius 2 is 2.24 bits per heavy atom. The van der Waals surface area contributed by atoms with Gasteiger partial charge >= 0.3 is 0 Å². The fourth-order valence-electron chi connectivity index (χ4n) is 3.12. The van der Waals surface area contributed by atoms with Crippen LogP contribution in [0.4, 0.5) is 0 Å². The van der Waals surface area contributed by atoms with Crippen molar-refractivity contribution < 1.29 is 4.79 Å². The van der Waals surface area contributed by atoms with Gasteiger partial charge in [-0.1, -0.05) is 13.3 Å². The highest BCUT2D eigenvalue weighted by molar-refractivity contribution is 5.78. The lowest BCUT2D eigenvalue weighted by molar-refractivity contribution is -0.125. The molecule has 17 heavy (non-hydrogen) atoms. The van der Waals surface area contributed by atoms with Gasteiger partial charge in [-0.15, -0.1) is 0 Å². The molecule has 0 radical (unpaired) electrons. The van der Waals surface area contributed by atoms with Gasteiger partial charge in [0.2, 0.25) is 5.91 Å². The summed E-state index contributed by atoms with van der Waals surface area (Å²) in [6.07, 6.45) is 5.78. The van der Waals surface area contributed by atoms with E-state index in [-0.39, 0.29) is 11.8 Å². The normalized spacial score (nSPS) is 30.9. The fourth-order valence-corrected chi connectivity index (χ4v) is 3.12. The molecule has 4 nitrogen and oxygen atoms in total. The summed E-state index contributed by atoms with van der Waals surface area (Å²) in [7, 11) is 0. The molecule has 0 aromatic heterocycles. The Morgan fingerprint density at radius 3 is 3.00 bits per heavy atom. The Kier molecular flexibility index (Phi) is 4.40. The predicted octanol–water partition coefficient (Wildman–Crippen LogP) is 0.714. The number of hydrogen-bond donors (Lipinski definition) is 2. The zero-order valence-electron chi connectivity index (χ0n) is 10.8. The Balaban J connectivity index is 1.84. The van der Waals surface area contributed by atoms with Crippen LogP contribution in [0.1, 0.15) is 39.0 Å². The molecule has 0 spiro atoms. The number of nitrogens with two attached hydrogens (primary N) is 1. The third-order valence-electron chi connectivity index (χ3n) is 4.23. The molecule has 4 heteroatoms. The van der Waals surface area contributed by atoms with Crippen molar-refractivity contribution >= 4 is 5.91 Å². The molecule has 2 rings (SSSR count). The summed E-state index contributed by atoms with van der Waals surface area (Å²) in [5, 5.41) is 3.23. The minimum atomic E-state index is 0.0534. The van der Waals surface area contributed by atoms with Gasteiger partial charge in [-0.3, -0.25) is 9.69 Å². The molecule has 3 atom stereocenters. The van der Waals surface area contributed by atoms with Gasteiger partial charge in [0.25, 0.3) is 0 Å². The smallest absolute Gasteiger partial charge is 0.223 e. The van der Waals surface area contributed by atoms with E-state index in [4.69, 9.17) is 5.73 Å². The van der Waals surface area contributed by atoms with Crippen LogP contribution in [0, 0.1) is 5.92 Å². The lowest BCUT2D eigenvalue weighted by Gasteiger charge is -2.32. The van der Waals surface area contributed by atoms with Crippen molar-refractivity contribution in [1.82, 2.24) is 10.2 Å². The van der Waals surface area contributed by atoms with Gasteiger partial charge in [-0.05, 0) is 38.8 Å². The maximum atomic E-state index is 12.0. The van der Waals surface area contributed by atoms with Crippen LogP contribution in [0.15, 0.2) is 0 Å². The average molecular weight is 239 g/mol. The molecular weight excluding hydrogens is 214 g/mol. The number of rotatable bonds is 4. The van der Waals surface area contributed by atoms with Crippen molar-refractivity contribution in [2.24, 2.45) is 11.7 Å². The number of fused-ring (bicyclic) bond motifs is 1. The second-order valence-electron chi connectivity index (χ2n) is 5.48. The van der Waals surface area contributed by atoms with Crippen LogP contribution >= 0.6 is 0 Å². The first-order chi connectivity index (χ1) is 8.22. The van der Waals surface area contributed by atoms with E-state index >= 15 is 0 Å². The molecule has 3 N–H and O–H groups in total. The molecule has 0 aliphatic carbocycles. The highest BCUT2D eigenvalue weighted by Gasteiger charge is 2.36. The predicted molar refractivity (Wildman–Crippen MR) is 68.6 cm³/mol. The molecule has 2 heterocycles. The summed E-state index contributed by atoms with van der Waals surface area (Å²) in [4.78, 5) is 14.5. The molecule has 0 bridgehead atoms. The Bertz CT molecular complexity index is 269. The zero-order valence-corrected chi connectivity index (χ0v) is 10.8. The summed E-state index contributed by atoms with van der Waals surface area (Å²) >= 11 is 0. The first kappa shape index (κ1) is 12.8. The number of hydrogen-bond acceptors (Lipinski definition) is 3. The molecule has 2 aliphatic heterocycles. The second kappa shape index (κ2) is 5.83. The van der Waals surface area contributed by atoms with Gasteiger partial charge in [0.05, 0.1) is 0 Å². The van der Waals surface area contributed by atoms with Gasteiger partial charge in [0.15, 0.2) is 0 Å². The number of piperidine rings is 1. The van der Waals surface area contributed by atoms with Crippen molar-refractivity contribution in [3.8, 4) is 0 Å². The first-order valence-corrected chi connectivity index (χ1v) is 6.97. The molecule has 0 aromatic carbocycles. The standard InChI is InChI=1S/C13H25N3O/c1-10(5-7-14)13(17)15-11-6-9-16-8-3-2-4-12(11)16/h10-12H,2-9,14H2,1H3,(H,15,17). The quantitative estimate of drug-likeness (QED) is 0.760. The zero-order chi connectivity index (χ0) is 12.3. The molecule has 0 aromatic rings. The van der Waals surface area contributed by atoms with Gasteiger partial charge in [0.1, 0.15) is 0 Å². The SMILES string of the molecule is CC(CCN)C(=O)NC1CCN2CCCCC12. The maximum Gasteiger partial charge on any atom is 0.223 e. The monoisotopic (exact) mass is 239 g/mol. The van der Waals surface area contributed by atoms with Gasteiger partial charge in [-0.25, -0.2) is 0 Å². The van der Waals surface area contributed by atoms with Crippen molar-refractivity contribution in [2.45, 2.75) is 51.1 Å². The molecule has 2 fully saturated rings. The lowest BCUT2D eigenvalue weighted by atomic mass is 9.98. The van der Waals surface area contributed by atoms with Crippen molar-refractivity contribution in [1.29, 1.82) is 0 Å². The van der Waals surface area contributed by atoms with E-state index in [1.165, 1.54) is 25.8 Å². The summed E-state index contributed by atoms with van der Waals surface area (Å²) in [6, 6.07) is 0.973. The molecule has 2 saturated heterocycles. The molecule has 1 amide bonds. The van der Waals surface area contributed by atoms with Crippen LogP contribution in [-0.2, 0) is 4.79 Å². The summed E-state index contributed by atoms with van der Waals surface area (Å²) < 4.78 is 0.